The van der Waals surface area contributed by atoms with Crippen LogP contribution in [0.25, 0.3) is 6.08 Å². The van der Waals surface area contributed by atoms with Gasteiger partial charge in [0.05, 0.1) is 19.8 Å². The van der Waals surface area contributed by atoms with Crippen LogP contribution in [0.4, 0.5) is 0 Å². The first-order valence-corrected chi connectivity index (χ1v) is 6.96. The SMILES string of the molecule is CCCOC(=O)C=Cc1cccc(OCC)c1OCC. The predicted octanol–water partition coefficient (Wildman–Crippen LogP) is 3.45. The maximum Gasteiger partial charge on any atom is 0.330 e. The van der Waals surface area contributed by atoms with Gasteiger partial charge in [0.1, 0.15) is 0 Å². The van der Waals surface area contributed by atoms with Crippen LogP contribution in [-0.2, 0) is 9.53 Å². The highest BCUT2D eigenvalue weighted by Gasteiger charge is 2.09. The van der Waals surface area contributed by atoms with Crippen molar-refractivity contribution in [2.75, 3.05) is 19.8 Å². The van der Waals surface area contributed by atoms with Gasteiger partial charge in [-0.2, -0.15) is 0 Å². The van der Waals surface area contributed by atoms with E-state index >= 15 is 0 Å². The topological polar surface area (TPSA) is 44.8 Å². The molecule has 0 atom stereocenters. The second-order valence-electron chi connectivity index (χ2n) is 4.04. The summed E-state index contributed by atoms with van der Waals surface area (Å²) >= 11 is 0. The molecule has 1 rings (SSSR count). The molecule has 0 unspecified atom stereocenters. The molecular formula is C16H22O4. The summed E-state index contributed by atoms with van der Waals surface area (Å²) in [5, 5.41) is 0. The molecule has 0 aliphatic heterocycles. The normalized spacial score (nSPS) is 10.6. The average Bonchev–Trinajstić information content (AvgIpc) is 2.45. The van der Waals surface area contributed by atoms with Gasteiger partial charge in [0.2, 0.25) is 0 Å². The third-order valence-electron chi connectivity index (χ3n) is 2.45. The van der Waals surface area contributed by atoms with E-state index in [0.717, 1.165) is 12.0 Å². The number of carbonyl (C=O) groups excluding carboxylic acids is 1. The van der Waals surface area contributed by atoms with Crippen LogP contribution in [0.5, 0.6) is 11.5 Å². The molecule has 0 aliphatic carbocycles. The molecule has 4 nitrogen and oxygen atoms in total. The van der Waals surface area contributed by atoms with Gasteiger partial charge in [-0.1, -0.05) is 19.1 Å². The van der Waals surface area contributed by atoms with E-state index in [1.807, 2.05) is 39.0 Å². The molecule has 1 aromatic carbocycles. The number of hydrogen-bond acceptors (Lipinski definition) is 4. The van der Waals surface area contributed by atoms with Crippen molar-refractivity contribution in [3.8, 4) is 11.5 Å². The Hall–Kier alpha value is -1.97. The van der Waals surface area contributed by atoms with Crippen LogP contribution in [0.3, 0.4) is 0 Å². The second-order valence-corrected chi connectivity index (χ2v) is 4.04. The molecule has 0 aromatic heterocycles. The molecule has 0 heterocycles. The van der Waals surface area contributed by atoms with Gasteiger partial charge in [-0.15, -0.1) is 0 Å². The number of esters is 1. The molecule has 1 aromatic rings. The smallest absolute Gasteiger partial charge is 0.330 e. The first kappa shape index (κ1) is 16.1. The van der Waals surface area contributed by atoms with E-state index in [0.29, 0.717) is 31.3 Å². The van der Waals surface area contributed by atoms with E-state index in [1.165, 1.54) is 6.08 Å². The minimum absolute atomic E-state index is 0.351. The zero-order chi connectivity index (χ0) is 14.8. The van der Waals surface area contributed by atoms with Gasteiger partial charge in [0.15, 0.2) is 11.5 Å². The Morgan fingerprint density at radius 1 is 1.15 bits per heavy atom. The summed E-state index contributed by atoms with van der Waals surface area (Å²) in [5.41, 5.74) is 0.797. The van der Waals surface area contributed by atoms with Crippen molar-refractivity contribution in [3.63, 3.8) is 0 Å². The Morgan fingerprint density at radius 3 is 2.55 bits per heavy atom. The van der Waals surface area contributed by atoms with Crippen LogP contribution < -0.4 is 9.47 Å². The van der Waals surface area contributed by atoms with Gasteiger partial charge >= 0.3 is 5.97 Å². The summed E-state index contributed by atoms with van der Waals surface area (Å²) in [6.07, 6.45) is 3.90. The zero-order valence-electron chi connectivity index (χ0n) is 12.3. The van der Waals surface area contributed by atoms with Crippen molar-refractivity contribution >= 4 is 12.0 Å². The van der Waals surface area contributed by atoms with Crippen LogP contribution in [-0.4, -0.2) is 25.8 Å². The summed E-state index contributed by atoms with van der Waals surface area (Å²) in [5.74, 6) is 0.978. The van der Waals surface area contributed by atoms with Crippen molar-refractivity contribution in [2.24, 2.45) is 0 Å². The van der Waals surface area contributed by atoms with Crippen LogP contribution in [0, 0.1) is 0 Å². The van der Waals surface area contributed by atoms with Crippen LogP contribution in [0.1, 0.15) is 32.8 Å². The third kappa shape index (κ3) is 4.96. The van der Waals surface area contributed by atoms with E-state index in [-0.39, 0.29) is 5.97 Å². The fourth-order valence-electron chi connectivity index (χ4n) is 1.64. The largest absolute Gasteiger partial charge is 0.490 e. The maximum absolute atomic E-state index is 11.5. The maximum atomic E-state index is 11.5. The molecule has 0 amide bonds. The zero-order valence-corrected chi connectivity index (χ0v) is 12.3. The molecule has 0 spiro atoms. The van der Waals surface area contributed by atoms with Crippen LogP contribution in [0.15, 0.2) is 24.3 Å². The number of para-hydroxylation sites is 1. The highest BCUT2D eigenvalue weighted by molar-refractivity contribution is 5.87. The molecule has 0 radical (unpaired) electrons. The minimum Gasteiger partial charge on any atom is -0.490 e. The van der Waals surface area contributed by atoms with Crippen LogP contribution in [0.2, 0.25) is 0 Å². The fourth-order valence-corrected chi connectivity index (χ4v) is 1.64. The minimum atomic E-state index is -0.351. The lowest BCUT2D eigenvalue weighted by atomic mass is 10.1. The summed E-state index contributed by atoms with van der Waals surface area (Å²) in [7, 11) is 0. The standard InChI is InChI=1S/C16H22O4/c1-4-12-20-15(17)11-10-13-8-7-9-14(18-5-2)16(13)19-6-3/h7-11H,4-6,12H2,1-3H3. The van der Waals surface area contributed by atoms with E-state index in [9.17, 15) is 4.79 Å². The first-order valence-electron chi connectivity index (χ1n) is 6.96. The quantitative estimate of drug-likeness (QED) is 0.539. The lowest BCUT2D eigenvalue weighted by Gasteiger charge is -2.13. The molecule has 0 fully saturated rings. The van der Waals surface area contributed by atoms with E-state index in [1.54, 1.807) is 6.08 Å². The lowest BCUT2D eigenvalue weighted by molar-refractivity contribution is -0.137. The number of rotatable bonds is 8. The number of ether oxygens (including phenoxy) is 3. The molecule has 0 saturated carbocycles. The van der Waals surface area contributed by atoms with E-state index in [2.05, 4.69) is 0 Å². The number of hydrogen-bond donors (Lipinski definition) is 0. The molecule has 4 heteroatoms. The van der Waals surface area contributed by atoms with E-state index < -0.39 is 0 Å². The second kappa shape index (κ2) is 9.02. The molecule has 110 valence electrons. The average molecular weight is 278 g/mol. The Balaban J connectivity index is 2.90. The van der Waals surface area contributed by atoms with Crippen molar-refractivity contribution in [1.82, 2.24) is 0 Å². The highest BCUT2D eigenvalue weighted by atomic mass is 16.5. The molecule has 0 aliphatic rings. The molecule has 0 N–H and O–H groups in total. The summed E-state index contributed by atoms with van der Waals surface area (Å²) in [4.78, 5) is 11.5. The van der Waals surface area contributed by atoms with Crippen molar-refractivity contribution in [3.05, 3.63) is 29.8 Å². The molecule has 20 heavy (non-hydrogen) atoms. The Kier molecular flexibility index (Phi) is 7.25. The number of benzene rings is 1. The van der Waals surface area contributed by atoms with Gasteiger partial charge in [0, 0.05) is 11.6 Å². The fraction of sp³-hybridized carbons (Fsp3) is 0.438. The molecule has 0 saturated heterocycles. The molecular weight excluding hydrogens is 256 g/mol. The van der Waals surface area contributed by atoms with Gasteiger partial charge in [-0.05, 0) is 32.4 Å². The first-order chi connectivity index (χ1) is 9.72. The van der Waals surface area contributed by atoms with E-state index in [4.69, 9.17) is 14.2 Å². The summed E-state index contributed by atoms with van der Waals surface area (Å²) in [6.45, 7) is 7.30. The van der Waals surface area contributed by atoms with Crippen LogP contribution >= 0.6 is 0 Å². The van der Waals surface area contributed by atoms with Gasteiger partial charge in [0.25, 0.3) is 0 Å². The van der Waals surface area contributed by atoms with Crippen molar-refractivity contribution < 1.29 is 19.0 Å². The highest BCUT2D eigenvalue weighted by Crippen LogP contribution is 2.32. The lowest BCUT2D eigenvalue weighted by Crippen LogP contribution is -2.02. The van der Waals surface area contributed by atoms with Gasteiger partial charge < -0.3 is 14.2 Å². The number of carbonyl (C=O) groups is 1. The third-order valence-corrected chi connectivity index (χ3v) is 2.45. The monoisotopic (exact) mass is 278 g/mol. The predicted molar refractivity (Wildman–Crippen MR) is 79.1 cm³/mol. The van der Waals surface area contributed by atoms with Gasteiger partial charge in [-0.3, -0.25) is 0 Å². The Bertz CT molecular complexity index is 452. The van der Waals surface area contributed by atoms with Crippen molar-refractivity contribution in [2.45, 2.75) is 27.2 Å². The Morgan fingerprint density at radius 2 is 1.90 bits per heavy atom. The molecule has 0 bridgehead atoms. The summed E-state index contributed by atoms with van der Waals surface area (Å²) in [6, 6.07) is 5.59. The summed E-state index contributed by atoms with van der Waals surface area (Å²) < 4.78 is 16.1. The van der Waals surface area contributed by atoms with Crippen molar-refractivity contribution in [1.29, 1.82) is 0 Å². The van der Waals surface area contributed by atoms with Gasteiger partial charge in [-0.25, -0.2) is 4.79 Å². The Labute approximate surface area is 120 Å².